The van der Waals surface area contributed by atoms with Gasteiger partial charge in [-0.05, 0) is 23.1 Å². The largest absolute Gasteiger partial charge is 0.481 e. The molecule has 4 nitrogen and oxygen atoms in total. The van der Waals surface area contributed by atoms with E-state index in [9.17, 15) is 19.1 Å². The number of halogens is 1. The number of hydrogen-bond donors (Lipinski definition) is 1. The third-order valence-corrected chi connectivity index (χ3v) is 4.82. The van der Waals surface area contributed by atoms with Crippen LogP contribution in [0, 0.1) is 11.7 Å². The number of thiophene rings is 1. The van der Waals surface area contributed by atoms with E-state index in [1.54, 1.807) is 35.7 Å². The number of carbonyl (C=O) groups is 2. The first kappa shape index (κ1) is 14.7. The van der Waals surface area contributed by atoms with Crippen LogP contribution in [0.25, 0.3) is 0 Å². The number of nitrogens with zero attached hydrogens (tertiary/aromatic N) is 1. The number of carboxylic acid groups (broad SMARTS) is 1. The highest BCUT2D eigenvalue weighted by molar-refractivity contribution is 7.12. The van der Waals surface area contributed by atoms with Gasteiger partial charge >= 0.3 is 5.97 Å². The van der Waals surface area contributed by atoms with Gasteiger partial charge in [-0.1, -0.05) is 24.3 Å². The summed E-state index contributed by atoms with van der Waals surface area (Å²) in [5.41, 5.74) is 0.358. The van der Waals surface area contributed by atoms with Crippen molar-refractivity contribution in [3.05, 3.63) is 58.0 Å². The zero-order valence-corrected chi connectivity index (χ0v) is 12.4. The van der Waals surface area contributed by atoms with Crippen LogP contribution in [0.2, 0.25) is 0 Å². The van der Waals surface area contributed by atoms with Crippen LogP contribution in [0.15, 0.2) is 41.8 Å². The Morgan fingerprint density at radius 2 is 1.95 bits per heavy atom. The fourth-order valence-electron chi connectivity index (χ4n) is 2.87. The van der Waals surface area contributed by atoms with Gasteiger partial charge in [0.05, 0.1) is 10.8 Å². The van der Waals surface area contributed by atoms with Gasteiger partial charge < -0.3 is 10.0 Å². The Balaban J connectivity index is 1.89. The van der Waals surface area contributed by atoms with Crippen LogP contribution in [0.3, 0.4) is 0 Å². The zero-order valence-electron chi connectivity index (χ0n) is 11.6. The number of rotatable bonds is 3. The molecule has 114 valence electrons. The normalized spacial score (nSPS) is 21.0. The maximum Gasteiger partial charge on any atom is 0.308 e. The fraction of sp³-hybridized carbons (Fsp3) is 0.250. The summed E-state index contributed by atoms with van der Waals surface area (Å²) < 4.78 is 14.0. The van der Waals surface area contributed by atoms with Gasteiger partial charge in [0.1, 0.15) is 5.82 Å². The quantitative estimate of drug-likeness (QED) is 0.946. The second kappa shape index (κ2) is 5.88. The van der Waals surface area contributed by atoms with E-state index in [-0.39, 0.29) is 19.0 Å². The van der Waals surface area contributed by atoms with E-state index in [0.717, 1.165) is 0 Å². The van der Waals surface area contributed by atoms with Gasteiger partial charge in [-0.15, -0.1) is 11.3 Å². The molecular weight excluding hydrogens is 305 g/mol. The molecule has 1 amide bonds. The first-order valence-corrected chi connectivity index (χ1v) is 7.76. The summed E-state index contributed by atoms with van der Waals surface area (Å²) in [6.45, 7) is 0.319. The van der Waals surface area contributed by atoms with Crippen LogP contribution in [0.5, 0.6) is 0 Å². The van der Waals surface area contributed by atoms with E-state index in [1.165, 1.54) is 22.3 Å². The third-order valence-electron chi connectivity index (χ3n) is 3.96. The third kappa shape index (κ3) is 2.62. The maximum atomic E-state index is 14.0. The monoisotopic (exact) mass is 319 g/mol. The van der Waals surface area contributed by atoms with Crippen molar-refractivity contribution >= 4 is 23.2 Å². The number of aliphatic carboxylic acids is 1. The summed E-state index contributed by atoms with van der Waals surface area (Å²) in [5.74, 6) is -2.94. The van der Waals surface area contributed by atoms with Crippen LogP contribution < -0.4 is 0 Å². The standard InChI is InChI=1S/C16H14FNO3S/c17-13-5-2-1-4-10(13)11-8-18(9-12(11)16(20)21)15(19)14-6-3-7-22-14/h1-7,11-12H,8-9H2,(H,20,21)/t11-,12+/m1/s1. The second-order valence-electron chi connectivity index (χ2n) is 5.26. The highest BCUT2D eigenvalue weighted by atomic mass is 32.1. The highest BCUT2D eigenvalue weighted by Crippen LogP contribution is 2.35. The topological polar surface area (TPSA) is 57.6 Å². The molecule has 1 saturated heterocycles. The van der Waals surface area contributed by atoms with Crippen molar-refractivity contribution in [2.45, 2.75) is 5.92 Å². The molecule has 0 radical (unpaired) electrons. The summed E-state index contributed by atoms with van der Waals surface area (Å²) in [7, 11) is 0. The molecule has 0 bridgehead atoms. The molecule has 0 saturated carbocycles. The van der Waals surface area contributed by atoms with Crippen LogP contribution in [0.1, 0.15) is 21.2 Å². The van der Waals surface area contributed by atoms with E-state index in [0.29, 0.717) is 10.4 Å². The number of likely N-dealkylation sites (tertiary alicyclic amines) is 1. The van der Waals surface area contributed by atoms with Gasteiger partial charge in [-0.3, -0.25) is 9.59 Å². The maximum absolute atomic E-state index is 14.0. The lowest BCUT2D eigenvalue weighted by Gasteiger charge is -2.16. The molecule has 1 aromatic heterocycles. The van der Waals surface area contributed by atoms with Crippen molar-refractivity contribution in [2.24, 2.45) is 5.92 Å². The summed E-state index contributed by atoms with van der Waals surface area (Å²) >= 11 is 1.31. The number of amides is 1. The Labute approximate surface area is 130 Å². The fourth-order valence-corrected chi connectivity index (χ4v) is 3.56. The lowest BCUT2D eigenvalue weighted by Crippen LogP contribution is -2.29. The van der Waals surface area contributed by atoms with Crippen molar-refractivity contribution in [3.63, 3.8) is 0 Å². The molecule has 0 aliphatic carbocycles. The molecule has 3 rings (SSSR count). The first-order chi connectivity index (χ1) is 10.6. The second-order valence-corrected chi connectivity index (χ2v) is 6.21. The summed E-state index contributed by atoms with van der Waals surface area (Å²) in [6, 6.07) is 9.64. The summed E-state index contributed by atoms with van der Waals surface area (Å²) in [5, 5.41) is 11.2. The van der Waals surface area contributed by atoms with Crippen molar-refractivity contribution in [3.8, 4) is 0 Å². The first-order valence-electron chi connectivity index (χ1n) is 6.88. The number of benzene rings is 1. The van der Waals surface area contributed by atoms with Gasteiger partial charge in [0.25, 0.3) is 5.91 Å². The predicted molar refractivity (Wildman–Crippen MR) is 80.5 cm³/mol. The van der Waals surface area contributed by atoms with Crippen molar-refractivity contribution in [1.82, 2.24) is 4.90 Å². The molecule has 0 unspecified atom stereocenters. The number of carbonyl (C=O) groups excluding carboxylic acids is 1. The van der Waals surface area contributed by atoms with Gasteiger partial charge in [0.15, 0.2) is 0 Å². The van der Waals surface area contributed by atoms with E-state index in [4.69, 9.17) is 0 Å². The molecule has 2 aromatic rings. The molecule has 0 spiro atoms. The van der Waals surface area contributed by atoms with Gasteiger partial charge in [0.2, 0.25) is 0 Å². The summed E-state index contributed by atoms with van der Waals surface area (Å²) in [4.78, 5) is 26.0. The van der Waals surface area contributed by atoms with E-state index in [2.05, 4.69) is 0 Å². The van der Waals surface area contributed by atoms with Gasteiger partial charge in [0, 0.05) is 19.0 Å². The molecule has 2 atom stereocenters. The van der Waals surface area contributed by atoms with Gasteiger partial charge in [-0.25, -0.2) is 4.39 Å². The molecule has 1 aromatic carbocycles. The van der Waals surface area contributed by atoms with Crippen molar-refractivity contribution < 1.29 is 19.1 Å². The highest BCUT2D eigenvalue weighted by Gasteiger charge is 2.41. The Morgan fingerprint density at radius 3 is 2.59 bits per heavy atom. The van der Waals surface area contributed by atoms with E-state index < -0.39 is 23.6 Å². The molecule has 1 N–H and O–H groups in total. The van der Waals surface area contributed by atoms with E-state index >= 15 is 0 Å². The SMILES string of the molecule is O=C(O)[C@H]1CN(C(=O)c2cccs2)C[C@@H]1c1ccccc1F. The van der Waals surface area contributed by atoms with E-state index in [1.807, 2.05) is 0 Å². The van der Waals surface area contributed by atoms with Crippen molar-refractivity contribution in [2.75, 3.05) is 13.1 Å². The minimum atomic E-state index is -1.00. The van der Waals surface area contributed by atoms with Crippen LogP contribution >= 0.6 is 11.3 Å². The van der Waals surface area contributed by atoms with Crippen LogP contribution in [-0.4, -0.2) is 35.0 Å². The lowest BCUT2D eigenvalue weighted by molar-refractivity contribution is -0.141. The molecule has 1 aliphatic heterocycles. The Bertz CT molecular complexity index is 701. The molecular formula is C16H14FNO3S. The molecule has 1 aliphatic rings. The van der Waals surface area contributed by atoms with Crippen LogP contribution in [-0.2, 0) is 4.79 Å². The molecule has 1 fully saturated rings. The minimum absolute atomic E-state index is 0.102. The van der Waals surface area contributed by atoms with Gasteiger partial charge in [-0.2, -0.15) is 0 Å². The predicted octanol–water partition coefficient (Wildman–Crippen LogP) is 2.83. The Morgan fingerprint density at radius 1 is 1.18 bits per heavy atom. The number of hydrogen-bond acceptors (Lipinski definition) is 3. The average molecular weight is 319 g/mol. The number of carboxylic acids is 1. The lowest BCUT2D eigenvalue weighted by atomic mass is 9.89. The smallest absolute Gasteiger partial charge is 0.308 e. The minimum Gasteiger partial charge on any atom is -0.481 e. The van der Waals surface area contributed by atoms with Crippen molar-refractivity contribution in [1.29, 1.82) is 0 Å². The molecule has 2 heterocycles. The summed E-state index contributed by atoms with van der Waals surface area (Å²) in [6.07, 6.45) is 0. The van der Waals surface area contributed by atoms with Crippen LogP contribution in [0.4, 0.5) is 4.39 Å². The molecule has 6 heteroatoms. The Hall–Kier alpha value is -2.21. The zero-order chi connectivity index (χ0) is 15.7. The average Bonchev–Trinajstić information content (AvgIpc) is 3.17. The molecule has 22 heavy (non-hydrogen) atoms. The Kier molecular flexibility index (Phi) is 3.94.